The Morgan fingerprint density at radius 2 is 1.29 bits per heavy atom. The fourth-order valence-corrected chi connectivity index (χ4v) is 7.49. The molecule has 8 nitrogen and oxygen atoms in total. The van der Waals surface area contributed by atoms with E-state index in [1.54, 1.807) is 54.6 Å². The summed E-state index contributed by atoms with van der Waals surface area (Å²) in [4.78, 5) is 13.2. The zero-order valence-electron chi connectivity index (χ0n) is 19.1. The first kappa shape index (κ1) is 24.8. The number of sulfonamides is 2. The van der Waals surface area contributed by atoms with Crippen molar-refractivity contribution in [2.75, 3.05) is 32.7 Å². The van der Waals surface area contributed by atoms with Crippen LogP contribution in [-0.2, 0) is 31.3 Å². The highest BCUT2D eigenvalue weighted by molar-refractivity contribution is 7.89. The van der Waals surface area contributed by atoms with E-state index in [0.29, 0.717) is 56.9 Å². The van der Waals surface area contributed by atoms with Gasteiger partial charge in [0.05, 0.1) is 9.79 Å². The van der Waals surface area contributed by atoms with E-state index in [1.165, 1.54) is 8.61 Å². The van der Waals surface area contributed by atoms with Crippen molar-refractivity contribution < 1.29 is 21.6 Å². The van der Waals surface area contributed by atoms with Crippen molar-refractivity contribution in [1.82, 2.24) is 13.9 Å². The lowest BCUT2D eigenvalue weighted by molar-refractivity contribution is -0.126. The van der Waals surface area contributed by atoms with Crippen LogP contribution in [-0.4, -0.2) is 64.1 Å². The van der Waals surface area contributed by atoms with Gasteiger partial charge in [-0.3, -0.25) is 4.79 Å². The quantitative estimate of drug-likeness (QED) is 0.593. The molecule has 184 valence electrons. The van der Waals surface area contributed by atoms with E-state index in [-0.39, 0.29) is 16.7 Å². The lowest BCUT2D eigenvalue weighted by Crippen LogP contribution is -2.43. The van der Waals surface area contributed by atoms with E-state index in [2.05, 4.69) is 5.32 Å². The largest absolute Gasteiger partial charge is 0.356 e. The van der Waals surface area contributed by atoms with Gasteiger partial charge in [0.2, 0.25) is 26.0 Å². The second kappa shape index (κ2) is 10.6. The highest BCUT2D eigenvalue weighted by atomic mass is 32.2. The molecular weight excluding hydrogens is 474 g/mol. The molecule has 0 unspecified atom stereocenters. The van der Waals surface area contributed by atoms with Crippen LogP contribution in [0.3, 0.4) is 0 Å². The molecule has 0 saturated carbocycles. The third-order valence-corrected chi connectivity index (χ3v) is 10.4. The molecule has 0 aliphatic carbocycles. The monoisotopic (exact) mass is 505 g/mol. The molecule has 2 aromatic carbocycles. The predicted octanol–water partition coefficient (Wildman–Crippen LogP) is 2.23. The summed E-state index contributed by atoms with van der Waals surface area (Å²) in [5.41, 5.74) is 0.949. The molecular formula is C24H31N3O5S2. The van der Waals surface area contributed by atoms with Gasteiger partial charge in [0.25, 0.3) is 0 Å². The van der Waals surface area contributed by atoms with Crippen molar-refractivity contribution >= 4 is 26.0 Å². The fraction of sp³-hybridized carbons (Fsp3) is 0.458. The van der Waals surface area contributed by atoms with Gasteiger partial charge in [-0.15, -0.1) is 0 Å². The van der Waals surface area contributed by atoms with E-state index in [9.17, 15) is 21.6 Å². The van der Waals surface area contributed by atoms with Crippen LogP contribution in [0.2, 0.25) is 0 Å². The summed E-state index contributed by atoms with van der Waals surface area (Å²) < 4.78 is 53.7. The van der Waals surface area contributed by atoms with Crippen LogP contribution in [0.25, 0.3) is 0 Å². The minimum absolute atomic E-state index is 0.0648. The van der Waals surface area contributed by atoms with Gasteiger partial charge in [-0.2, -0.15) is 8.61 Å². The maximum absolute atomic E-state index is 12.7. The number of piperidine rings is 1. The molecule has 0 bridgehead atoms. The molecule has 2 aromatic rings. The number of hydrogen-bond donors (Lipinski definition) is 1. The molecule has 2 fully saturated rings. The number of nitrogens with zero attached hydrogens (tertiary/aromatic N) is 2. The molecule has 10 heteroatoms. The first-order valence-corrected chi connectivity index (χ1v) is 14.6. The van der Waals surface area contributed by atoms with Crippen molar-refractivity contribution in [3.63, 3.8) is 0 Å². The zero-order valence-corrected chi connectivity index (χ0v) is 20.7. The minimum Gasteiger partial charge on any atom is -0.356 e. The molecule has 2 aliphatic heterocycles. The van der Waals surface area contributed by atoms with Crippen LogP contribution in [0.15, 0.2) is 64.4 Å². The van der Waals surface area contributed by atoms with E-state index >= 15 is 0 Å². The number of amides is 1. The third-order valence-electron chi connectivity index (χ3n) is 6.54. The molecule has 1 amide bonds. The van der Waals surface area contributed by atoms with Crippen LogP contribution in [0.4, 0.5) is 0 Å². The van der Waals surface area contributed by atoms with Gasteiger partial charge in [0, 0.05) is 38.6 Å². The van der Waals surface area contributed by atoms with Crippen LogP contribution >= 0.6 is 0 Å². The van der Waals surface area contributed by atoms with Gasteiger partial charge in [-0.1, -0.05) is 30.3 Å². The lowest BCUT2D eigenvalue weighted by Gasteiger charge is -2.30. The van der Waals surface area contributed by atoms with Gasteiger partial charge in [-0.05, 0) is 61.9 Å². The molecule has 2 saturated heterocycles. The van der Waals surface area contributed by atoms with E-state index in [0.717, 1.165) is 18.4 Å². The highest BCUT2D eigenvalue weighted by Crippen LogP contribution is 2.24. The number of nitrogens with one attached hydrogen (secondary N) is 1. The number of carbonyl (C=O) groups excluding carboxylic acids is 1. The number of rotatable bonds is 8. The summed E-state index contributed by atoms with van der Waals surface area (Å²) in [6, 6.07) is 15.2. The summed E-state index contributed by atoms with van der Waals surface area (Å²) in [6.07, 6.45) is 3.37. The predicted molar refractivity (Wildman–Crippen MR) is 129 cm³/mol. The average Bonchev–Trinajstić information content (AvgIpc) is 3.41. The summed E-state index contributed by atoms with van der Waals surface area (Å²) in [5, 5.41) is 2.94. The Morgan fingerprint density at radius 3 is 1.88 bits per heavy atom. The second-order valence-electron chi connectivity index (χ2n) is 8.79. The normalized spacial score (nSPS) is 18.7. The van der Waals surface area contributed by atoms with Crippen LogP contribution in [0.1, 0.15) is 31.2 Å². The number of benzene rings is 2. The Labute approximate surface area is 202 Å². The third kappa shape index (κ3) is 5.51. The summed E-state index contributed by atoms with van der Waals surface area (Å²) in [6.45, 7) is 2.24. The summed E-state index contributed by atoms with van der Waals surface area (Å²) in [7, 11) is -6.95. The lowest BCUT2D eigenvalue weighted by atomic mass is 9.97. The van der Waals surface area contributed by atoms with Gasteiger partial charge in [0.15, 0.2) is 0 Å². The maximum Gasteiger partial charge on any atom is 0.243 e. The van der Waals surface area contributed by atoms with E-state index in [4.69, 9.17) is 0 Å². The molecule has 0 atom stereocenters. The van der Waals surface area contributed by atoms with Crippen molar-refractivity contribution in [2.24, 2.45) is 5.92 Å². The van der Waals surface area contributed by atoms with E-state index < -0.39 is 20.0 Å². The Morgan fingerprint density at radius 1 is 0.765 bits per heavy atom. The van der Waals surface area contributed by atoms with Crippen LogP contribution < -0.4 is 5.32 Å². The Bertz CT molecular complexity index is 1180. The molecule has 1 N–H and O–H groups in total. The molecule has 2 heterocycles. The fourth-order valence-electron chi connectivity index (χ4n) is 4.48. The molecule has 2 aliphatic rings. The zero-order chi connectivity index (χ0) is 24.2. The molecule has 0 radical (unpaired) electrons. The number of hydrogen-bond acceptors (Lipinski definition) is 5. The smallest absolute Gasteiger partial charge is 0.243 e. The van der Waals surface area contributed by atoms with Crippen molar-refractivity contribution in [1.29, 1.82) is 0 Å². The highest BCUT2D eigenvalue weighted by Gasteiger charge is 2.32. The number of carbonyl (C=O) groups is 1. The summed E-state index contributed by atoms with van der Waals surface area (Å²) >= 11 is 0. The first-order valence-electron chi connectivity index (χ1n) is 11.7. The van der Waals surface area contributed by atoms with E-state index in [1.807, 2.05) is 0 Å². The Kier molecular flexibility index (Phi) is 7.71. The Hall–Kier alpha value is -2.27. The second-order valence-corrected chi connectivity index (χ2v) is 12.7. The average molecular weight is 506 g/mol. The van der Waals surface area contributed by atoms with Gasteiger partial charge in [-0.25, -0.2) is 16.8 Å². The SMILES string of the molecule is O=C(NCCc1ccc(S(=O)(=O)N2CCCC2)cc1)C1CCN(S(=O)(=O)c2ccccc2)CC1. The first-order chi connectivity index (χ1) is 16.3. The van der Waals surface area contributed by atoms with Crippen LogP contribution in [0.5, 0.6) is 0 Å². The maximum atomic E-state index is 12.7. The summed E-state index contributed by atoms with van der Waals surface area (Å²) in [5.74, 6) is -0.278. The van der Waals surface area contributed by atoms with Crippen molar-refractivity contribution in [3.05, 3.63) is 60.2 Å². The van der Waals surface area contributed by atoms with Gasteiger partial charge in [0.1, 0.15) is 0 Å². The Balaban J connectivity index is 1.23. The van der Waals surface area contributed by atoms with Gasteiger partial charge >= 0.3 is 0 Å². The van der Waals surface area contributed by atoms with Crippen LogP contribution in [0, 0.1) is 5.92 Å². The van der Waals surface area contributed by atoms with Crippen molar-refractivity contribution in [2.45, 2.75) is 41.9 Å². The molecule has 34 heavy (non-hydrogen) atoms. The molecule has 4 rings (SSSR count). The minimum atomic E-state index is -3.53. The molecule has 0 aromatic heterocycles. The molecule has 0 spiro atoms. The van der Waals surface area contributed by atoms with Gasteiger partial charge < -0.3 is 5.32 Å². The van der Waals surface area contributed by atoms with Crippen molar-refractivity contribution in [3.8, 4) is 0 Å². The standard InChI is InChI=1S/C24H31N3O5S2/c28-24(21-13-18-27(19-14-21)33(29,30)22-6-2-1-3-7-22)25-15-12-20-8-10-23(11-9-20)34(31,32)26-16-4-5-17-26/h1-3,6-11,21H,4-5,12-19H2,(H,25,28). The topological polar surface area (TPSA) is 104 Å².